The van der Waals surface area contributed by atoms with Gasteiger partial charge in [0.05, 0.1) is 0 Å². The van der Waals surface area contributed by atoms with Crippen LogP contribution in [0.2, 0.25) is 0 Å². The summed E-state index contributed by atoms with van der Waals surface area (Å²) in [6.07, 6.45) is 10.7. The van der Waals surface area contributed by atoms with Crippen LogP contribution in [0.4, 0.5) is 0 Å². The van der Waals surface area contributed by atoms with Gasteiger partial charge in [-0.3, -0.25) is 4.79 Å². The van der Waals surface area contributed by atoms with Crippen molar-refractivity contribution < 1.29 is 4.79 Å². The highest BCUT2D eigenvalue weighted by Crippen LogP contribution is 2.25. The molecule has 1 heterocycles. The van der Waals surface area contributed by atoms with Crippen LogP contribution in [0.25, 0.3) is 0 Å². The quantitative estimate of drug-likeness (QED) is 0.579. The topological polar surface area (TPSA) is 34.9 Å². The SMILES string of the molecule is CCn1ccnc1C(=O)C1CCCCCC1. The molecule has 0 bridgehead atoms. The first-order valence-electron chi connectivity index (χ1n) is 6.38. The number of Topliss-reactive ketones (excluding diaryl/α,β-unsaturated/α-hetero) is 1. The Kier molecular flexibility index (Phi) is 3.75. The van der Waals surface area contributed by atoms with Crippen molar-refractivity contribution in [3.63, 3.8) is 0 Å². The van der Waals surface area contributed by atoms with Crippen LogP contribution in [0.1, 0.15) is 56.1 Å². The molecule has 1 aromatic heterocycles. The highest BCUT2D eigenvalue weighted by Gasteiger charge is 2.24. The second-order valence-corrected chi connectivity index (χ2v) is 4.59. The van der Waals surface area contributed by atoms with Gasteiger partial charge in [-0.1, -0.05) is 25.7 Å². The van der Waals surface area contributed by atoms with Gasteiger partial charge in [0.15, 0.2) is 5.82 Å². The van der Waals surface area contributed by atoms with Crippen LogP contribution in [0.15, 0.2) is 12.4 Å². The van der Waals surface area contributed by atoms with Gasteiger partial charge < -0.3 is 4.57 Å². The first-order valence-corrected chi connectivity index (χ1v) is 6.38. The molecule has 1 aliphatic rings. The molecule has 0 unspecified atom stereocenters. The normalized spacial score (nSPS) is 18.3. The largest absolute Gasteiger partial charge is 0.329 e. The third kappa shape index (κ3) is 2.34. The summed E-state index contributed by atoms with van der Waals surface area (Å²) in [6.45, 7) is 2.87. The van der Waals surface area contributed by atoms with Crippen molar-refractivity contribution in [2.24, 2.45) is 5.92 Å². The Bertz CT molecular complexity index is 349. The summed E-state index contributed by atoms with van der Waals surface area (Å²) in [7, 11) is 0. The molecule has 0 radical (unpaired) electrons. The van der Waals surface area contributed by atoms with E-state index >= 15 is 0 Å². The lowest BCUT2D eigenvalue weighted by molar-refractivity contribution is 0.0893. The highest BCUT2D eigenvalue weighted by atomic mass is 16.1. The lowest BCUT2D eigenvalue weighted by Crippen LogP contribution is -2.18. The molecule has 3 nitrogen and oxygen atoms in total. The Morgan fingerprint density at radius 1 is 1.38 bits per heavy atom. The van der Waals surface area contributed by atoms with Crippen molar-refractivity contribution >= 4 is 5.78 Å². The van der Waals surface area contributed by atoms with Gasteiger partial charge in [-0.2, -0.15) is 0 Å². The van der Waals surface area contributed by atoms with Crippen molar-refractivity contribution in [1.82, 2.24) is 9.55 Å². The van der Waals surface area contributed by atoms with Crippen molar-refractivity contribution in [1.29, 1.82) is 0 Å². The molecule has 1 fully saturated rings. The number of aryl methyl sites for hydroxylation is 1. The van der Waals surface area contributed by atoms with E-state index in [1.54, 1.807) is 6.20 Å². The third-order valence-corrected chi connectivity index (χ3v) is 3.50. The molecule has 0 amide bonds. The summed E-state index contributed by atoms with van der Waals surface area (Å²) in [4.78, 5) is 16.5. The van der Waals surface area contributed by atoms with Gasteiger partial charge >= 0.3 is 0 Å². The highest BCUT2D eigenvalue weighted by molar-refractivity contribution is 5.94. The van der Waals surface area contributed by atoms with E-state index in [1.165, 1.54) is 25.7 Å². The first-order chi connectivity index (χ1) is 7.83. The van der Waals surface area contributed by atoms with Crippen molar-refractivity contribution in [3.8, 4) is 0 Å². The summed E-state index contributed by atoms with van der Waals surface area (Å²) in [5.41, 5.74) is 0. The average Bonchev–Trinajstić information content (AvgIpc) is 2.61. The maximum atomic E-state index is 12.3. The first kappa shape index (κ1) is 11.4. The number of carbonyl (C=O) groups is 1. The fourth-order valence-electron chi connectivity index (χ4n) is 2.51. The van der Waals surface area contributed by atoms with Crippen LogP contribution in [0.5, 0.6) is 0 Å². The maximum absolute atomic E-state index is 12.3. The molecule has 1 aromatic rings. The van der Waals surface area contributed by atoms with E-state index in [9.17, 15) is 4.79 Å². The monoisotopic (exact) mass is 220 g/mol. The van der Waals surface area contributed by atoms with Gasteiger partial charge in [-0.25, -0.2) is 4.98 Å². The molecular weight excluding hydrogens is 200 g/mol. The number of carbonyl (C=O) groups excluding carboxylic acids is 1. The number of imidazole rings is 1. The van der Waals surface area contributed by atoms with Crippen molar-refractivity contribution in [2.75, 3.05) is 0 Å². The molecule has 0 spiro atoms. The Labute approximate surface area is 96.9 Å². The van der Waals surface area contributed by atoms with E-state index in [-0.39, 0.29) is 11.7 Å². The second kappa shape index (κ2) is 5.28. The Hall–Kier alpha value is -1.12. The van der Waals surface area contributed by atoms with E-state index in [4.69, 9.17) is 0 Å². The summed E-state index contributed by atoms with van der Waals surface area (Å²) < 4.78 is 1.95. The van der Waals surface area contributed by atoms with E-state index in [0.717, 1.165) is 19.4 Å². The van der Waals surface area contributed by atoms with E-state index in [2.05, 4.69) is 4.98 Å². The Morgan fingerprint density at radius 2 is 2.06 bits per heavy atom. The number of hydrogen-bond donors (Lipinski definition) is 0. The van der Waals surface area contributed by atoms with Gasteiger partial charge in [0.1, 0.15) is 0 Å². The molecule has 0 atom stereocenters. The van der Waals surface area contributed by atoms with Crippen molar-refractivity contribution in [3.05, 3.63) is 18.2 Å². The standard InChI is InChI=1S/C13H20N2O/c1-2-15-10-9-14-13(15)12(16)11-7-5-3-4-6-8-11/h9-11H,2-8H2,1H3. The molecule has 0 N–H and O–H groups in total. The molecule has 0 aromatic carbocycles. The zero-order chi connectivity index (χ0) is 11.4. The molecule has 1 aliphatic carbocycles. The van der Waals surface area contributed by atoms with Crippen LogP contribution in [-0.4, -0.2) is 15.3 Å². The van der Waals surface area contributed by atoms with Gasteiger partial charge in [-0.15, -0.1) is 0 Å². The van der Waals surface area contributed by atoms with Crippen LogP contribution in [0.3, 0.4) is 0 Å². The maximum Gasteiger partial charge on any atom is 0.201 e. The Morgan fingerprint density at radius 3 is 2.69 bits per heavy atom. The lowest BCUT2D eigenvalue weighted by atomic mass is 9.95. The molecule has 88 valence electrons. The molecule has 1 saturated carbocycles. The van der Waals surface area contributed by atoms with Crippen LogP contribution in [0, 0.1) is 5.92 Å². The van der Waals surface area contributed by atoms with Crippen molar-refractivity contribution in [2.45, 2.75) is 52.0 Å². The average molecular weight is 220 g/mol. The van der Waals surface area contributed by atoms with Gasteiger partial charge in [-0.05, 0) is 19.8 Å². The minimum atomic E-state index is 0.218. The lowest BCUT2D eigenvalue weighted by Gasteiger charge is -2.12. The molecule has 0 aliphatic heterocycles. The minimum absolute atomic E-state index is 0.218. The van der Waals surface area contributed by atoms with E-state index in [1.807, 2.05) is 17.7 Å². The predicted molar refractivity (Wildman–Crippen MR) is 63.4 cm³/mol. The fourth-order valence-corrected chi connectivity index (χ4v) is 2.51. The minimum Gasteiger partial charge on any atom is -0.329 e. The predicted octanol–water partition coefficient (Wildman–Crippen LogP) is 3.06. The van der Waals surface area contributed by atoms with Crippen LogP contribution < -0.4 is 0 Å². The van der Waals surface area contributed by atoms with Gasteiger partial charge in [0.2, 0.25) is 5.78 Å². The zero-order valence-corrected chi connectivity index (χ0v) is 9.98. The number of nitrogens with zero attached hydrogens (tertiary/aromatic N) is 2. The summed E-state index contributed by atoms with van der Waals surface area (Å²) >= 11 is 0. The molecule has 0 saturated heterocycles. The number of hydrogen-bond acceptors (Lipinski definition) is 2. The third-order valence-electron chi connectivity index (χ3n) is 3.50. The summed E-state index contributed by atoms with van der Waals surface area (Å²) in [5, 5.41) is 0. The number of rotatable bonds is 3. The molecular formula is C13H20N2O. The van der Waals surface area contributed by atoms with Crippen LogP contribution >= 0.6 is 0 Å². The number of aromatic nitrogens is 2. The Balaban J connectivity index is 2.11. The molecule has 2 rings (SSSR count). The smallest absolute Gasteiger partial charge is 0.201 e. The molecule has 16 heavy (non-hydrogen) atoms. The van der Waals surface area contributed by atoms with Gasteiger partial charge in [0, 0.05) is 24.9 Å². The van der Waals surface area contributed by atoms with Crippen LogP contribution in [-0.2, 0) is 6.54 Å². The second-order valence-electron chi connectivity index (χ2n) is 4.59. The number of ketones is 1. The summed E-state index contributed by atoms with van der Waals surface area (Å²) in [6, 6.07) is 0. The zero-order valence-electron chi connectivity index (χ0n) is 9.98. The van der Waals surface area contributed by atoms with E-state index < -0.39 is 0 Å². The summed E-state index contributed by atoms with van der Waals surface area (Å²) in [5.74, 6) is 1.14. The molecule has 3 heteroatoms. The van der Waals surface area contributed by atoms with Gasteiger partial charge in [0.25, 0.3) is 0 Å². The van der Waals surface area contributed by atoms with E-state index in [0.29, 0.717) is 5.82 Å². The fraction of sp³-hybridized carbons (Fsp3) is 0.692.